The molecule has 0 saturated carbocycles. The fourth-order valence-corrected chi connectivity index (χ4v) is 2.54. The Morgan fingerprint density at radius 2 is 1.72 bits per heavy atom. The second kappa shape index (κ2) is 6.65. The first-order chi connectivity index (χ1) is 11.9. The normalized spacial score (nSPS) is 10.5. The molecule has 2 aromatic carbocycles. The number of hydrogen-bond donors (Lipinski definition) is 3. The molecule has 3 rings (SSSR count). The Kier molecular flexibility index (Phi) is 4.39. The van der Waals surface area contributed by atoms with Crippen molar-refractivity contribution in [3.63, 3.8) is 0 Å². The predicted molar refractivity (Wildman–Crippen MR) is 97.5 cm³/mol. The third kappa shape index (κ3) is 3.61. The van der Waals surface area contributed by atoms with Gasteiger partial charge in [-0.1, -0.05) is 12.1 Å². The van der Waals surface area contributed by atoms with Crippen molar-refractivity contribution >= 4 is 17.3 Å². The number of aryl methyl sites for hydroxylation is 2. The number of carbonyl (C=O) groups is 1. The molecule has 1 aromatic heterocycles. The van der Waals surface area contributed by atoms with Gasteiger partial charge in [-0.3, -0.25) is 4.98 Å². The van der Waals surface area contributed by atoms with Crippen LogP contribution in [0.2, 0.25) is 0 Å². The summed E-state index contributed by atoms with van der Waals surface area (Å²) in [6.07, 6.45) is 3.38. The van der Waals surface area contributed by atoms with Crippen LogP contribution in [0.4, 0.5) is 11.4 Å². The number of nitrogens with zero attached hydrogens (tertiary/aromatic N) is 1. The quantitative estimate of drug-likeness (QED) is 0.654. The van der Waals surface area contributed by atoms with Gasteiger partial charge in [-0.05, 0) is 60.9 Å². The molecule has 3 N–H and O–H groups in total. The lowest BCUT2D eigenvalue weighted by Crippen LogP contribution is -1.97. The zero-order valence-electron chi connectivity index (χ0n) is 13.9. The van der Waals surface area contributed by atoms with Crippen molar-refractivity contribution in [2.24, 2.45) is 0 Å². The number of benzene rings is 2. The lowest BCUT2D eigenvalue weighted by atomic mass is 10.0. The molecule has 25 heavy (non-hydrogen) atoms. The van der Waals surface area contributed by atoms with Crippen LogP contribution in [0.5, 0.6) is 5.75 Å². The van der Waals surface area contributed by atoms with Gasteiger partial charge in [0.1, 0.15) is 11.3 Å². The summed E-state index contributed by atoms with van der Waals surface area (Å²) in [7, 11) is 0. The minimum atomic E-state index is -1.16. The zero-order valence-corrected chi connectivity index (χ0v) is 13.9. The van der Waals surface area contributed by atoms with Crippen molar-refractivity contribution < 1.29 is 15.0 Å². The van der Waals surface area contributed by atoms with Gasteiger partial charge in [-0.15, -0.1) is 0 Å². The van der Waals surface area contributed by atoms with Gasteiger partial charge in [0.15, 0.2) is 0 Å². The van der Waals surface area contributed by atoms with Crippen molar-refractivity contribution in [3.05, 3.63) is 71.5 Å². The van der Waals surface area contributed by atoms with E-state index in [4.69, 9.17) is 5.11 Å². The minimum absolute atomic E-state index is 0.124. The lowest BCUT2D eigenvalue weighted by molar-refractivity contribution is 0.0694. The van der Waals surface area contributed by atoms with Crippen LogP contribution in [0.25, 0.3) is 11.1 Å². The van der Waals surface area contributed by atoms with E-state index in [1.165, 1.54) is 23.3 Å². The molecule has 0 aliphatic rings. The Labute approximate surface area is 145 Å². The van der Waals surface area contributed by atoms with Crippen LogP contribution >= 0.6 is 0 Å². The zero-order chi connectivity index (χ0) is 18.0. The molecule has 0 radical (unpaired) electrons. The summed E-state index contributed by atoms with van der Waals surface area (Å²) in [5, 5.41) is 22.2. The molecule has 0 amide bonds. The number of phenols is 1. The van der Waals surface area contributed by atoms with E-state index < -0.39 is 5.97 Å². The molecule has 1 heterocycles. The summed E-state index contributed by atoms with van der Waals surface area (Å²) in [5.74, 6) is -1.43. The number of carboxylic acid groups (broad SMARTS) is 1. The molecular formula is C20H18N2O3. The molecule has 5 heteroatoms. The third-order valence-corrected chi connectivity index (χ3v) is 4.10. The molecular weight excluding hydrogens is 316 g/mol. The number of aromatic carboxylic acids is 1. The number of nitrogens with one attached hydrogen (secondary N) is 1. The van der Waals surface area contributed by atoms with E-state index in [1.54, 1.807) is 18.5 Å². The maximum atomic E-state index is 11.0. The number of rotatable bonds is 4. The Balaban J connectivity index is 1.90. The van der Waals surface area contributed by atoms with Gasteiger partial charge in [0.25, 0.3) is 0 Å². The highest BCUT2D eigenvalue weighted by Crippen LogP contribution is 2.28. The van der Waals surface area contributed by atoms with E-state index in [-0.39, 0.29) is 11.3 Å². The number of carboxylic acids is 1. The van der Waals surface area contributed by atoms with Crippen LogP contribution < -0.4 is 5.32 Å². The van der Waals surface area contributed by atoms with E-state index in [0.29, 0.717) is 5.56 Å². The van der Waals surface area contributed by atoms with E-state index in [2.05, 4.69) is 36.3 Å². The van der Waals surface area contributed by atoms with Crippen molar-refractivity contribution in [2.75, 3.05) is 5.32 Å². The highest BCUT2D eigenvalue weighted by Gasteiger charge is 2.11. The number of aromatic hydroxyl groups is 1. The van der Waals surface area contributed by atoms with Crippen LogP contribution in [-0.4, -0.2) is 21.2 Å². The van der Waals surface area contributed by atoms with Crippen LogP contribution in [0.15, 0.2) is 54.9 Å². The van der Waals surface area contributed by atoms with E-state index >= 15 is 0 Å². The number of aromatic nitrogens is 1. The summed E-state index contributed by atoms with van der Waals surface area (Å²) in [4.78, 5) is 15.2. The minimum Gasteiger partial charge on any atom is -0.507 e. The first-order valence-corrected chi connectivity index (χ1v) is 7.80. The van der Waals surface area contributed by atoms with Gasteiger partial charge in [0.05, 0.1) is 11.9 Å². The van der Waals surface area contributed by atoms with Crippen molar-refractivity contribution in [1.29, 1.82) is 0 Å². The monoisotopic (exact) mass is 334 g/mol. The predicted octanol–water partition coefficient (Wildman–Crippen LogP) is 4.51. The number of pyridine rings is 1. The molecule has 126 valence electrons. The fourth-order valence-electron chi connectivity index (χ4n) is 2.54. The third-order valence-electron chi connectivity index (χ3n) is 4.10. The average molecular weight is 334 g/mol. The second-order valence-electron chi connectivity index (χ2n) is 5.92. The Hall–Kier alpha value is -3.34. The van der Waals surface area contributed by atoms with Crippen LogP contribution in [0.3, 0.4) is 0 Å². The second-order valence-corrected chi connectivity index (χ2v) is 5.92. The molecule has 0 fully saturated rings. The van der Waals surface area contributed by atoms with E-state index in [0.717, 1.165) is 16.9 Å². The highest BCUT2D eigenvalue weighted by molar-refractivity contribution is 5.91. The van der Waals surface area contributed by atoms with Crippen molar-refractivity contribution in [1.82, 2.24) is 4.98 Å². The number of hydrogen-bond acceptors (Lipinski definition) is 4. The van der Waals surface area contributed by atoms with Gasteiger partial charge < -0.3 is 15.5 Å². The molecule has 0 aliphatic heterocycles. The molecule has 0 atom stereocenters. The summed E-state index contributed by atoms with van der Waals surface area (Å²) < 4.78 is 0. The Bertz CT molecular complexity index is 951. The Morgan fingerprint density at radius 1 is 0.920 bits per heavy atom. The molecule has 5 nitrogen and oxygen atoms in total. The molecule has 0 bridgehead atoms. The maximum absolute atomic E-state index is 11.0. The maximum Gasteiger partial charge on any atom is 0.339 e. The van der Waals surface area contributed by atoms with Crippen molar-refractivity contribution in [2.45, 2.75) is 13.8 Å². The van der Waals surface area contributed by atoms with Gasteiger partial charge in [0, 0.05) is 17.4 Å². The first kappa shape index (κ1) is 16.5. The lowest BCUT2D eigenvalue weighted by Gasteiger charge is -2.10. The molecule has 0 saturated heterocycles. The SMILES string of the molecule is Cc1ccc(Nc2cncc(-c3ccc(C(=O)O)c(O)c3)c2)cc1C. The average Bonchev–Trinajstić information content (AvgIpc) is 2.58. The van der Waals surface area contributed by atoms with Crippen molar-refractivity contribution in [3.8, 4) is 16.9 Å². The molecule has 0 spiro atoms. The highest BCUT2D eigenvalue weighted by atomic mass is 16.4. The van der Waals surface area contributed by atoms with E-state index in [9.17, 15) is 9.90 Å². The van der Waals surface area contributed by atoms with Gasteiger partial charge in [0.2, 0.25) is 0 Å². The topological polar surface area (TPSA) is 82.5 Å². The van der Waals surface area contributed by atoms with Crippen LogP contribution in [-0.2, 0) is 0 Å². The summed E-state index contributed by atoms with van der Waals surface area (Å²) >= 11 is 0. The first-order valence-electron chi connectivity index (χ1n) is 7.80. The van der Waals surface area contributed by atoms with Crippen LogP contribution in [0, 0.1) is 13.8 Å². The summed E-state index contributed by atoms with van der Waals surface area (Å²) in [6.45, 7) is 4.12. The molecule has 0 unspecified atom stereocenters. The Morgan fingerprint density at radius 3 is 2.40 bits per heavy atom. The smallest absolute Gasteiger partial charge is 0.339 e. The molecule has 3 aromatic rings. The van der Waals surface area contributed by atoms with E-state index in [1.807, 2.05) is 12.1 Å². The summed E-state index contributed by atoms with van der Waals surface area (Å²) in [5.41, 5.74) is 5.55. The fraction of sp³-hybridized carbons (Fsp3) is 0.100. The van der Waals surface area contributed by atoms with Gasteiger partial charge in [-0.2, -0.15) is 0 Å². The largest absolute Gasteiger partial charge is 0.507 e. The molecule has 0 aliphatic carbocycles. The van der Waals surface area contributed by atoms with Gasteiger partial charge in [-0.25, -0.2) is 4.79 Å². The standard InChI is InChI=1S/C20H18N2O3/c1-12-3-5-16(7-13(12)2)22-17-8-15(10-21-11-17)14-4-6-18(20(24)25)19(23)9-14/h3-11,22-23H,1-2H3,(H,24,25). The number of anilines is 2. The summed E-state index contributed by atoms with van der Waals surface area (Å²) in [6, 6.07) is 12.5. The van der Waals surface area contributed by atoms with Crippen LogP contribution in [0.1, 0.15) is 21.5 Å². The van der Waals surface area contributed by atoms with Gasteiger partial charge >= 0.3 is 5.97 Å².